The van der Waals surface area contributed by atoms with E-state index in [0.29, 0.717) is 11.6 Å². The van der Waals surface area contributed by atoms with Crippen molar-refractivity contribution in [3.05, 3.63) is 0 Å². The molecule has 1 atom stereocenters. The minimum atomic E-state index is -0.731. The smallest absolute Gasteiger partial charge is 0.410 e. The fourth-order valence-corrected chi connectivity index (χ4v) is 2.10. The summed E-state index contributed by atoms with van der Waals surface area (Å²) < 4.78 is 4.45. The molecule has 1 fully saturated rings. The Morgan fingerprint density at radius 3 is 2.83 bits per heavy atom. The number of ether oxygens (including phenoxy) is 1. The van der Waals surface area contributed by atoms with Crippen LogP contribution in [-0.4, -0.2) is 41.7 Å². The molecule has 1 aliphatic heterocycles. The van der Waals surface area contributed by atoms with Crippen molar-refractivity contribution in [2.24, 2.45) is 0 Å². The lowest BCUT2D eigenvalue weighted by Gasteiger charge is -2.18. The zero-order valence-corrected chi connectivity index (χ0v) is 7.39. The largest absolute Gasteiger partial charge is 0.453 e. The molecule has 0 saturated carbocycles. The minimum Gasteiger partial charge on any atom is -0.453 e. The van der Waals surface area contributed by atoms with E-state index in [9.17, 15) is 9.59 Å². The highest BCUT2D eigenvalue weighted by molar-refractivity contribution is 7.99. The number of carbonyl (C=O) groups excluding carboxylic acids is 2. The SMILES string of the molecule is COC(=O)N1CSCC1C([NH])=O. The summed E-state index contributed by atoms with van der Waals surface area (Å²) in [5.41, 5.74) is 6.87. The second kappa shape index (κ2) is 3.66. The number of amides is 2. The molecular formula is C6H9N2O3S. The molecule has 6 heteroatoms. The molecular weight excluding hydrogens is 180 g/mol. The van der Waals surface area contributed by atoms with Gasteiger partial charge < -0.3 is 4.74 Å². The highest BCUT2D eigenvalue weighted by Crippen LogP contribution is 2.21. The highest BCUT2D eigenvalue weighted by atomic mass is 32.2. The lowest BCUT2D eigenvalue weighted by Crippen LogP contribution is -2.42. The molecule has 0 aromatic carbocycles. The van der Waals surface area contributed by atoms with Crippen molar-refractivity contribution in [2.75, 3.05) is 18.7 Å². The number of methoxy groups -OCH3 is 1. The van der Waals surface area contributed by atoms with E-state index >= 15 is 0 Å². The number of carbonyl (C=O) groups is 2. The average Bonchev–Trinajstić information content (AvgIpc) is 2.50. The Labute approximate surface area is 74.2 Å². The summed E-state index contributed by atoms with van der Waals surface area (Å²) in [6.07, 6.45) is -0.536. The maximum atomic E-state index is 11.0. The van der Waals surface area contributed by atoms with Crippen molar-refractivity contribution in [1.29, 1.82) is 0 Å². The summed E-state index contributed by atoms with van der Waals surface area (Å²) >= 11 is 1.45. The third kappa shape index (κ3) is 1.63. The van der Waals surface area contributed by atoms with Gasteiger partial charge in [0.15, 0.2) is 0 Å². The van der Waals surface area contributed by atoms with E-state index in [-0.39, 0.29) is 0 Å². The van der Waals surface area contributed by atoms with Crippen LogP contribution in [0.25, 0.3) is 0 Å². The molecule has 1 rings (SSSR count). The maximum Gasteiger partial charge on any atom is 0.410 e. The van der Waals surface area contributed by atoms with Gasteiger partial charge in [0.2, 0.25) is 0 Å². The van der Waals surface area contributed by atoms with Gasteiger partial charge in [-0.3, -0.25) is 15.4 Å². The third-order valence-corrected chi connectivity index (χ3v) is 2.61. The fourth-order valence-electron chi connectivity index (χ4n) is 0.957. The molecule has 1 unspecified atom stereocenters. The van der Waals surface area contributed by atoms with Crippen LogP contribution in [0.5, 0.6) is 0 Å². The van der Waals surface area contributed by atoms with Gasteiger partial charge in [0.05, 0.1) is 13.0 Å². The van der Waals surface area contributed by atoms with Crippen molar-refractivity contribution in [3.8, 4) is 0 Å². The maximum absolute atomic E-state index is 11.0. The summed E-state index contributed by atoms with van der Waals surface area (Å²) in [6.45, 7) is 0. The van der Waals surface area contributed by atoms with Gasteiger partial charge in [0.1, 0.15) is 6.04 Å². The van der Waals surface area contributed by atoms with Gasteiger partial charge in [-0.05, 0) is 0 Å². The van der Waals surface area contributed by atoms with Gasteiger partial charge in [-0.25, -0.2) is 4.79 Å². The molecule has 5 nitrogen and oxygen atoms in total. The second-order valence-corrected chi connectivity index (χ2v) is 3.32. The van der Waals surface area contributed by atoms with Crippen molar-refractivity contribution >= 4 is 23.8 Å². The highest BCUT2D eigenvalue weighted by Gasteiger charge is 2.34. The van der Waals surface area contributed by atoms with Gasteiger partial charge in [-0.2, -0.15) is 0 Å². The Bertz CT molecular complexity index is 209. The molecule has 1 saturated heterocycles. The van der Waals surface area contributed by atoms with E-state index in [1.165, 1.54) is 23.8 Å². The van der Waals surface area contributed by atoms with Gasteiger partial charge in [0.25, 0.3) is 5.91 Å². The van der Waals surface area contributed by atoms with Gasteiger partial charge in [-0.15, -0.1) is 11.8 Å². The summed E-state index contributed by atoms with van der Waals surface area (Å²) in [4.78, 5) is 22.9. The van der Waals surface area contributed by atoms with E-state index in [1.54, 1.807) is 0 Å². The van der Waals surface area contributed by atoms with Crippen LogP contribution < -0.4 is 5.73 Å². The molecule has 1 radical (unpaired) electrons. The Balaban J connectivity index is 2.63. The van der Waals surface area contributed by atoms with E-state index in [4.69, 9.17) is 5.73 Å². The van der Waals surface area contributed by atoms with Crippen molar-refractivity contribution in [3.63, 3.8) is 0 Å². The van der Waals surface area contributed by atoms with Gasteiger partial charge in [-0.1, -0.05) is 0 Å². The standard InChI is InChI=1S/C6H9N2O3S/c1-11-6(10)8-3-12-2-4(8)5(7)9/h4,7H,2-3H2,1H3. The van der Waals surface area contributed by atoms with E-state index in [2.05, 4.69) is 4.74 Å². The van der Waals surface area contributed by atoms with Gasteiger partial charge >= 0.3 is 6.09 Å². The van der Waals surface area contributed by atoms with Crippen molar-refractivity contribution < 1.29 is 14.3 Å². The van der Waals surface area contributed by atoms with Crippen LogP contribution >= 0.6 is 11.8 Å². The molecule has 0 bridgehead atoms. The Kier molecular flexibility index (Phi) is 2.80. The first-order chi connectivity index (χ1) is 5.66. The summed E-state index contributed by atoms with van der Waals surface area (Å²) in [7, 11) is 1.26. The summed E-state index contributed by atoms with van der Waals surface area (Å²) in [5, 5.41) is 0. The van der Waals surface area contributed by atoms with Crippen LogP contribution in [0.3, 0.4) is 0 Å². The fraction of sp³-hybridized carbons (Fsp3) is 0.667. The molecule has 67 valence electrons. The molecule has 12 heavy (non-hydrogen) atoms. The molecule has 0 spiro atoms. The average molecular weight is 189 g/mol. The van der Waals surface area contributed by atoms with Crippen LogP contribution in [0, 0.1) is 0 Å². The normalized spacial score (nSPS) is 22.4. The second-order valence-electron chi connectivity index (χ2n) is 2.32. The molecule has 1 aliphatic rings. The minimum absolute atomic E-state index is 0.432. The van der Waals surface area contributed by atoms with Crippen LogP contribution in [0.1, 0.15) is 0 Å². The molecule has 1 N–H and O–H groups in total. The molecule has 0 aromatic heterocycles. The Morgan fingerprint density at radius 2 is 2.33 bits per heavy atom. The number of nitrogens with zero attached hydrogens (tertiary/aromatic N) is 1. The Hall–Kier alpha value is -0.910. The predicted molar refractivity (Wildman–Crippen MR) is 43.5 cm³/mol. The summed E-state index contributed by atoms with van der Waals surface area (Å²) in [6, 6.07) is -0.623. The van der Waals surface area contributed by atoms with Crippen LogP contribution in [0.4, 0.5) is 4.79 Å². The van der Waals surface area contributed by atoms with Crippen molar-refractivity contribution in [1.82, 2.24) is 10.6 Å². The Morgan fingerprint density at radius 1 is 1.67 bits per heavy atom. The van der Waals surface area contributed by atoms with Crippen LogP contribution in [0.15, 0.2) is 0 Å². The van der Waals surface area contributed by atoms with E-state index in [1.807, 2.05) is 0 Å². The first kappa shape index (κ1) is 9.18. The van der Waals surface area contributed by atoms with E-state index in [0.717, 1.165) is 0 Å². The zero-order chi connectivity index (χ0) is 9.14. The number of thioether (sulfide) groups is 1. The predicted octanol–water partition coefficient (Wildman–Crippen LogP) is -0.0628. The zero-order valence-electron chi connectivity index (χ0n) is 6.57. The molecule has 1 heterocycles. The van der Waals surface area contributed by atoms with Crippen molar-refractivity contribution in [2.45, 2.75) is 6.04 Å². The number of hydrogen-bond acceptors (Lipinski definition) is 4. The lowest BCUT2D eigenvalue weighted by molar-refractivity contribution is -0.122. The van der Waals surface area contributed by atoms with Crippen LogP contribution in [0.2, 0.25) is 0 Å². The van der Waals surface area contributed by atoms with Crippen LogP contribution in [-0.2, 0) is 9.53 Å². The number of hydrogen-bond donors (Lipinski definition) is 0. The topological polar surface area (TPSA) is 70.4 Å². The quantitative estimate of drug-likeness (QED) is 0.579. The lowest BCUT2D eigenvalue weighted by atomic mass is 10.3. The molecule has 0 aromatic rings. The number of rotatable bonds is 1. The third-order valence-electron chi connectivity index (χ3n) is 1.59. The molecule has 2 amide bonds. The van der Waals surface area contributed by atoms with Gasteiger partial charge in [0, 0.05) is 5.75 Å². The molecule has 0 aliphatic carbocycles. The number of nitrogens with one attached hydrogen (secondary N) is 1. The van der Waals surface area contributed by atoms with E-state index < -0.39 is 18.0 Å². The monoisotopic (exact) mass is 189 g/mol. The first-order valence-corrected chi connectivity index (χ1v) is 4.50. The first-order valence-electron chi connectivity index (χ1n) is 3.34. The summed E-state index contributed by atoms with van der Waals surface area (Å²) in [5.74, 6) is 0.199.